The van der Waals surface area contributed by atoms with E-state index in [0.717, 1.165) is 21.7 Å². The first kappa shape index (κ1) is 12.2. The summed E-state index contributed by atoms with van der Waals surface area (Å²) >= 11 is 3.43. The highest BCUT2D eigenvalue weighted by Crippen LogP contribution is 2.19. The third kappa shape index (κ3) is 2.46. The predicted octanol–water partition coefficient (Wildman–Crippen LogP) is 3.38. The van der Waals surface area contributed by atoms with E-state index in [2.05, 4.69) is 26.0 Å². The molecule has 5 heteroatoms. The minimum Gasteiger partial charge on any atom is -0.486 e. The topological polar surface area (TPSA) is 39.4 Å². The van der Waals surface area contributed by atoms with E-state index in [1.54, 1.807) is 10.7 Å². The van der Waals surface area contributed by atoms with Crippen LogP contribution in [-0.4, -0.2) is 14.6 Å². The third-order valence-corrected chi connectivity index (χ3v) is 3.41. The number of nitrogens with zero attached hydrogens (tertiary/aromatic N) is 3. The lowest BCUT2D eigenvalue weighted by molar-refractivity contribution is 0.293. The summed E-state index contributed by atoms with van der Waals surface area (Å²) in [6.07, 6.45) is 1.73. The molecule has 0 amide bonds. The summed E-state index contributed by atoms with van der Waals surface area (Å²) in [6, 6.07) is 11.8. The molecular weight excluding hydrogens is 306 g/mol. The maximum absolute atomic E-state index is 5.72. The molecule has 1 aromatic carbocycles. The number of aryl methyl sites for hydroxylation is 1. The van der Waals surface area contributed by atoms with Crippen LogP contribution in [0.15, 0.2) is 47.2 Å². The molecule has 0 N–H and O–H groups in total. The Kier molecular flexibility index (Phi) is 3.21. The molecule has 96 valence electrons. The Morgan fingerprint density at radius 1 is 1.21 bits per heavy atom. The number of halogens is 1. The fourth-order valence-corrected chi connectivity index (χ4v) is 2.33. The van der Waals surface area contributed by atoms with E-state index in [9.17, 15) is 0 Å². The summed E-state index contributed by atoms with van der Waals surface area (Å²) in [5.74, 6) is 1.59. The van der Waals surface area contributed by atoms with Gasteiger partial charge in [0.25, 0.3) is 0 Å². The fourth-order valence-electron chi connectivity index (χ4n) is 1.83. The third-order valence-electron chi connectivity index (χ3n) is 2.82. The van der Waals surface area contributed by atoms with Gasteiger partial charge in [-0.2, -0.15) is 5.10 Å². The first-order valence-corrected chi connectivity index (χ1v) is 6.71. The Morgan fingerprint density at radius 2 is 2.00 bits per heavy atom. The molecule has 0 aliphatic carbocycles. The van der Waals surface area contributed by atoms with Crippen molar-refractivity contribution >= 4 is 21.4 Å². The molecule has 0 saturated carbocycles. The second-order valence-electron chi connectivity index (χ2n) is 4.24. The van der Waals surface area contributed by atoms with E-state index in [1.165, 1.54) is 5.56 Å². The summed E-state index contributed by atoms with van der Waals surface area (Å²) in [6.45, 7) is 2.43. The van der Waals surface area contributed by atoms with E-state index in [4.69, 9.17) is 4.74 Å². The van der Waals surface area contributed by atoms with Gasteiger partial charge in [-0.25, -0.2) is 9.50 Å². The van der Waals surface area contributed by atoms with E-state index < -0.39 is 0 Å². The van der Waals surface area contributed by atoms with Crippen LogP contribution in [0, 0.1) is 6.92 Å². The first-order valence-electron chi connectivity index (χ1n) is 5.91. The summed E-state index contributed by atoms with van der Waals surface area (Å²) < 4.78 is 8.28. The van der Waals surface area contributed by atoms with Gasteiger partial charge in [0.05, 0.1) is 5.52 Å². The Balaban J connectivity index is 1.84. The van der Waals surface area contributed by atoms with Gasteiger partial charge in [-0.05, 0) is 47.1 Å². The summed E-state index contributed by atoms with van der Waals surface area (Å²) in [7, 11) is 0. The lowest BCUT2D eigenvalue weighted by atomic mass is 10.2. The van der Waals surface area contributed by atoms with Gasteiger partial charge in [0.2, 0.25) is 0 Å². The Labute approximate surface area is 119 Å². The highest BCUT2D eigenvalue weighted by molar-refractivity contribution is 9.10. The average Bonchev–Trinajstić information content (AvgIpc) is 2.76. The number of rotatable bonds is 3. The van der Waals surface area contributed by atoms with Crippen molar-refractivity contribution < 1.29 is 4.74 Å². The molecule has 0 bridgehead atoms. The van der Waals surface area contributed by atoms with Crippen LogP contribution in [-0.2, 0) is 6.61 Å². The average molecular weight is 318 g/mol. The maximum Gasteiger partial charge on any atom is 0.169 e. The van der Waals surface area contributed by atoms with Gasteiger partial charge in [-0.3, -0.25) is 0 Å². The van der Waals surface area contributed by atoms with Gasteiger partial charge in [0.1, 0.15) is 17.0 Å². The van der Waals surface area contributed by atoms with Crippen LogP contribution in [0.5, 0.6) is 5.75 Å². The normalized spacial score (nSPS) is 10.8. The van der Waals surface area contributed by atoms with Gasteiger partial charge in [-0.1, -0.05) is 17.7 Å². The lowest BCUT2D eigenvalue weighted by Crippen LogP contribution is -2.03. The predicted molar refractivity (Wildman–Crippen MR) is 76.2 cm³/mol. The van der Waals surface area contributed by atoms with Crippen molar-refractivity contribution in [2.24, 2.45) is 0 Å². The fraction of sp³-hybridized carbons (Fsp3) is 0.143. The maximum atomic E-state index is 5.72. The van der Waals surface area contributed by atoms with Crippen LogP contribution in [0.4, 0.5) is 0 Å². The molecule has 4 nitrogen and oxygen atoms in total. The zero-order valence-electron chi connectivity index (χ0n) is 10.4. The van der Waals surface area contributed by atoms with Crippen LogP contribution in [0.1, 0.15) is 11.4 Å². The van der Waals surface area contributed by atoms with Crippen molar-refractivity contribution in [1.82, 2.24) is 14.6 Å². The Morgan fingerprint density at radius 3 is 2.79 bits per heavy atom. The van der Waals surface area contributed by atoms with Crippen molar-refractivity contribution in [3.8, 4) is 5.75 Å². The minimum absolute atomic E-state index is 0.382. The molecule has 0 unspecified atom stereocenters. The van der Waals surface area contributed by atoms with Gasteiger partial charge in [-0.15, -0.1) is 0 Å². The van der Waals surface area contributed by atoms with Crippen LogP contribution in [0.25, 0.3) is 5.52 Å². The Hall–Kier alpha value is -1.88. The van der Waals surface area contributed by atoms with Crippen LogP contribution < -0.4 is 4.74 Å². The molecule has 0 aliphatic heterocycles. The largest absolute Gasteiger partial charge is 0.486 e. The van der Waals surface area contributed by atoms with E-state index in [1.807, 2.05) is 43.3 Å². The molecule has 2 heterocycles. The number of ether oxygens (including phenoxy) is 1. The van der Waals surface area contributed by atoms with Crippen molar-refractivity contribution in [2.45, 2.75) is 13.5 Å². The minimum atomic E-state index is 0.382. The second-order valence-corrected chi connectivity index (χ2v) is 4.99. The van der Waals surface area contributed by atoms with Crippen LogP contribution >= 0.6 is 15.9 Å². The summed E-state index contributed by atoms with van der Waals surface area (Å²) in [5.41, 5.74) is 2.15. The smallest absolute Gasteiger partial charge is 0.169 e. The van der Waals surface area contributed by atoms with Gasteiger partial charge < -0.3 is 4.74 Å². The molecule has 19 heavy (non-hydrogen) atoms. The van der Waals surface area contributed by atoms with Gasteiger partial charge in [0, 0.05) is 6.20 Å². The van der Waals surface area contributed by atoms with Crippen molar-refractivity contribution in [3.05, 3.63) is 58.6 Å². The van der Waals surface area contributed by atoms with Gasteiger partial charge >= 0.3 is 0 Å². The molecule has 0 atom stereocenters. The number of imidazole rings is 1. The SMILES string of the molecule is Cc1ccc(OCc2nc(Br)c3cccnn23)cc1. The Bertz CT molecular complexity index is 706. The highest BCUT2D eigenvalue weighted by atomic mass is 79.9. The molecule has 0 saturated heterocycles. The molecule has 2 aromatic heterocycles. The molecule has 3 aromatic rings. The lowest BCUT2D eigenvalue weighted by Gasteiger charge is -2.05. The van der Waals surface area contributed by atoms with E-state index in [0.29, 0.717) is 6.61 Å². The van der Waals surface area contributed by atoms with Crippen molar-refractivity contribution in [3.63, 3.8) is 0 Å². The molecule has 0 radical (unpaired) electrons. The molecule has 0 fully saturated rings. The number of hydrogen-bond donors (Lipinski definition) is 0. The summed E-state index contributed by atoms with van der Waals surface area (Å²) in [4.78, 5) is 4.41. The van der Waals surface area contributed by atoms with Crippen LogP contribution in [0.2, 0.25) is 0 Å². The van der Waals surface area contributed by atoms with Crippen LogP contribution in [0.3, 0.4) is 0 Å². The second kappa shape index (κ2) is 5.01. The summed E-state index contributed by atoms with van der Waals surface area (Å²) in [5, 5.41) is 4.27. The van der Waals surface area contributed by atoms with Gasteiger partial charge in [0.15, 0.2) is 5.82 Å². The zero-order valence-corrected chi connectivity index (χ0v) is 12.0. The molecule has 3 rings (SSSR count). The standard InChI is InChI=1S/C14H12BrN3O/c1-10-4-6-11(7-5-10)19-9-13-17-14(15)12-3-2-8-16-18(12)13/h2-8H,9H2,1H3. The number of hydrogen-bond acceptors (Lipinski definition) is 3. The monoisotopic (exact) mass is 317 g/mol. The number of aromatic nitrogens is 3. The molecule has 0 aliphatic rings. The highest BCUT2D eigenvalue weighted by Gasteiger charge is 2.09. The van der Waals surface area contributed by atoms with E-state index >= 15 is 0 Å². The zero-order chi connectivity index (χ0) is 13.2. The van der Waals surface area contributed by atoms with Crippen molar-refractivity contribution in [1.29, 1.82) is 0 Å². The molecule has 0 spiro atoms. The number of benzene rings is 1. The quantitative estimate of drug-likeness (QED) is 0.743. The van der Waals surface area contributed by atoms with E-state index in [-0.39, 0.29) is 0 Å². The van der Waals surface area contributed by atoms with Crippen molar-refractivity contribution in [2.75, 3.05) is 0 Å². The number of fused-ring (bicyclic) bond motifs is 1. The molecular formula is C14H12BrN3O. The first-order chi connectivity index (χ1) is 9.24.